The van der Waals surface area contributed by atoms with Gasteiger partial charge in [0.2, 0.25) is 15.9 Å². The largest absolute Gasteiger partial charge is 0.341 e. The van der Waals surface area contributed by atoms with Gasteiger partial charge in [-0.3, -0.25) is 15.0 Å². The first-order chi connectivity index (χ1) is 11.4. The number of carbonyl (C=O) groups excluding carboxylic acids is 2. The van der Waals surface area contributed by atoms with Crippen molar-refractivity contribution in [1.29, 1.82) is 0 Å². The zero-order chi connectivity index (χ0) is 17.7. The second kappa shape index (κ2) is 7.73. The summed E-state index contributed by atoms with van der Waals surface area (Å²) in [7, 11) is -2.08. The van der Waals surface area contributed by atoms with Gasteiger partial charge in [-0.15, -0.1) is 0 Å². The van der Waals surface area contributed by atoms with Crippen LogP contribution >= 0.6 is 0 Å². The van der Waals surface area contributed by atoms with Crippen LogP contribution in [0.5, 0.6) is 0 Å². The number of benzene rings is 1. The Hall–Kier alpha value is -1.97. The topological polar surface area (TPSA) is 98.8 Å². The van der Waals surface area contributed by atoms with Gasteiger partial charge in [0.1, 0.15) is 0 Å². The molecule has 1 heterocycles. The second-order valence-electron chi connectivity index (χ2n) is 5.50. The van der Waals surface area contributed by atoms with Crippen molar-refractivity contribution in [2.45, 2.75) is 17.9 Å². The number of piperazine rings is 1. The summed E-state index contributed by atoms with van der Waals surface area (Å²) in [5.74, 6) is -0.409. The Labute approximate surface area is 141 Å². The van der Waals surface area contributed by atoms with E-state index in [0.29, 0.717) is 26.2 Å². The van der Waals surface area contributed by atoms with Crippen LogP contribution in [-0.2, 0) is 14.8 Å². The molecule has 0 bridgehead atoms. The summed E-state index contributed by atoms with van der Waals surface area (Å²) in [4.78, 5) is 25.3. The predicted octanol–water partition coefficient (Wildman–Crippen LogP) is -0.163. The zero-order valence-corrected chi connectivity index (χ0v) is 14.5. The maximum atomic E-state index is 12.6. The average Bonchev–Trinajstić information content (AvgIpc) is 2.61. The van der Waals surface area contributed by atoms with E-state index in [-0.39, 0.29) is 4.90 Å². The van der Waals surface area contributed by atoms with E-state index in [9.17, 15) is 18.0 Å². The van der Waals surface area contributed by atoms with E-state index in [0.717, 1.165) is 0 Å². The lowest BCUT2D eigenvalue weighted by Gasteiger charge is -2.36. The number of rotatable bonds is 4. The summed E-state index contributed by atoms with van der Waals surface area (Å²) in [6, 6.07) is 7.22. The van der Waals surface area contributed by atoms with Crippen LogP contribution in [0, 0.1) is 0 Å². The number of urea groups is 1. The lowest BCUT2D eigenvalue weighted by atomic mass is 10.2. The molecule has 2 rings (SSSR count). The van der Waals surface area contributed by atoms with E-state index in [2.05, 4.69) is 10.6 Å². The lowest BCUT2D eigenvalue weighted by Crippen LogP contribution is -2.56. The molecule has 1 fully saturated rings. The molecule has 1 aromatic rings. The van der Waals surface area contributed by atoms with E-state index in [1.807, 2.05) is 4.90 Å². The monoisotopic (exact) mass is 354 g/mol. The highest BCUT2D eigenvalue weighted by molar-refractivity contribution is 7.89. The van der Waals surface area contributed by atoms with Gasteiger partial charge in [0.15, 0.2) is 0 Å². The standard InChI is InChI=1S/C15H22N4O4S/c1-12(14(20)17-15(21)16-2)18-8-10-19(11-9-18)24(22,23)13-6-4-3-5-7-13/h3-7,12H,8-11H2,1-2H3,(H2,16,17,20,21). The van der Waals surface area contributed by atoms with Gasteiger partial charge < -0.3 is 5.32 Å². The first-order valence-electron chi connectivity index (χ1n) is 7.68. The van der Waals surface area contributed by atoms with Crippen molar-refractivity contribution in [1.82, 2.24) is 19.8 Å². The molecule has 1 aliphatic heterocycles. The van der Waals surface area contributed by atoms with E-state index in [4.69, 9.17) is 0 Å². The summed E-state index contributed by atoms with van der Waals surface area (Å²) < 4.78 is 26.5. The molecule has 1 aromatic carbocycles. The van der Waals surface area contributed by atoms with Crippen LogP contribution < -0.4 is 10.6 Å². The molecule has 2 N–H and O–H groups in total. The van der Waals surface area contributed by atoms with Crippen molar-refractivity contribution in [3.05, 3.63) is 30.3 Å². The van der Waals surface area contributed by atoms with Crippen LogP contribution in [0.25, 0.3) is 0 Å². The number of hydrogen-bond donors (Lipinski definition) is 2. The number of imide groups is 1. The highest BCUT2D eigenvalue weighted by Gasteiger charge is 2.31. The minimum atomic E-state index is -3.51. The molecule has 1 atom stereocenters. The van der Waals surface area contributed by atoms with E-state index >= 15 is 0 Å². The first-order valence-corrected chi connectivity index (χ1v) is 9.12. The molecular formula is C15H22N4O4S. The summed E-state index contributed by atoms with van der Waals surface area (Å²) in [6.07, 6.45) is 0. The van der Waals surface area contributed by atoms with Crippen molar-refractivity contribution in [3.8, 4) is 0 Å². The van der Waals surface area contributed by atoms with Crippen molar-refractivity contribution >= 4 is 22.0 Å². The number of amides is 3. The van der Waals surface area contributed by atoms with Gasteiger partial charge >= 0.3 is 6.03 Å². The maximum Gasteiger partial charge on any atom is 0.321 e. The zero-order valence-electron chi connectivity index (χ0n) is 13.7. The van der Waals surface area contributed by atoms with Gasteiger partial charge in [-0.25, -0.2) is 13.2 Å². The third-order valence-electron chi connectivity index (χ3n) is 4.05. The van der Waals surface area contributed by atoms with Crippen LogP contribution in [0.3, 0.4) is 0 Å². The molecule has 24 heavy (non-hydrogen) atoms. The number of nitrogens with zero attached hydrogens (tertiary/aromatic N) is 2. The van der Waals surface area contributed by atoms with E-state index in [1.165, 1.54) is 11.4 Å². The minimum absolute atomic E-state index is 0.267. The molecule has 9 heteroatoms. The maximum absolute atomic E-state index is 12.6. The third-order valence-corrected chi connectivity index (χ3v) is 5.96. The smallest absolute Gasteiger partial charge is 0.321 e. The molecule has 0 radical (unpaired) electrons. The molecule has 8 nitrogen and oxygen atoms in total. The molecule has 0 spiro atoms. The van der Waals surface area contributed by atoms with Crippen LogP contribution in [0.4, 0.5) is 4.79 Å². The SMILES string of the molecule is CNC(=O)NC(=O)C(C)N1CCN(S(=O)(=O)c2ccccc2)CC1. The first kappa shape index (κ1) is 18.4. The Balaban J connectivity index is 1.96. The highest BCUT2D eigenvalue weighted by atomic mass is 32.2. The summed E-state index contributed by atoms with van der Waals surface area (Å²) >= 11 is 0. The van der Waals surface area contributed by atoms with Crippen molar-refractivity contribution < 1.29 is 18.0 Å². The Morgan fingerprint density at radius 2 is 1.67 bits per heavy atom. The fourth-order valence-electron chi connectivity index (χ4n) is 2.52. The van der Waals surface area contributed by atoms with Crippen molar-refractivity contribution in [3.63, 3.8) is 0 Å². The molecule has 0 aromatic heterocycles. The average molecular weight is 354 g/mol. The van der Waals surface area contributed by atoms with Crippen LogP contribution in [0.2, 0.25) is 0 Å². The van der Waals surface area contributed by atoms with Crippen LogP contribution in [0.1, 0.15) is 6.92 Å². The van der Waals surface area contributed by atoms with Crippen LogP contribution in [-0.4, -0.2) is 68.8 Å². The quantitative estimate of drug-likeness (QED) is 0.783. The molecule has 3 amide bonds. The summed E-state index contributed by atoms with van der Waals surface area (Å²) in [6.45, 7) is 3.14. The second-order valence-corrected chi connectivity index (χ2v) is 7.44. The van der Waals surface area contributed by atoms with E-state index in [1.54, 1.807) is 37.3 Å². The number of hydrogen-bond acceptors (Lipinski definition) is 5. The molecular weight excluding hydrogens is 332 g/mol. The summed E-state index contributed by atoms with van der Waals surface area (Å²) in [5.41, 5.74) is 0. The lowest BCUT2D eigenvalue weighted by molar-refractivity contribution is -0.125. The Bertz CT molecular complexity index is 685. The van der Waals surface area contributed by atoms with Gasteiger partial charge in [-0.1, -0.05) is 18.2 Å². The third kappa shape index (κ3) is 4.11. The van der Waals surface area contributed by atoms with Gasteiger partial charge in [0, 0.05) is 33.2 Å². The fraction of sp³-hybridized carbons (Fsp3) is 0.467. The Morgan fingerprint density at radius 3 is 2.21 bits per heavy atom. The van der Waals surface area contributed by atoms with Gasteiger partial charge in [-0.2, -0.15) is 4.31 Å². The highest BCUT2D eigenvalue weighted by Crippen LogP contribution is 2.18. The van der Waals surface area contributed by atoms with Gasteiger partial charge in [0.25, 0.3) is 0 Å². The Kier molecular flexibility index (Phi) is 5.92. The molecule has 1 saturated heterocycles. The molecule has 0 aliphatic carbocycles. The minimum Gasteiger partial charge on any atom is -0.341 e. The number of sulfonamides is 1. The van der Waals surface area contributed by atoms with Crippen molar-refractivity contribution in [2.75, 3.05) is 33.2 Å². The number of carbonyl (C=O) groups is 2. The van der Waals surface area contributed by atoms with Gasteiger partial charge in [0.05, 0.1) is 10.9 Å². The Morgan fingerprint density at radius 1 is 1.08 bits per heavy atom. The van der Waals surface area contributed by atoms with Gasteiger partial charge in [-0.05, 0) is 19.1 Å². The van der Waals surface area contributed by atoms with Crippen LogP contribution in [0.15, 0.2) is 35.2 Å². The summed E-state index contributed by atoms with van der Waals surface area (Å²) in [5, 5.41) is 4.55. The predicted molar refractivity (Wildman–Crippen MR) is 88.8 cm³/mol. The molecule has 132 valence electrons. The molecule has 0 saturated carbocycles. The number of nitrogens with one attached hydrogen (secondary N) is 2. The molecule has 1 unspecified atom stereocenters. The fourth-order valence-corrected chi connectivity index (χ4v) is 3.96. The molecule has 1 aliphatic rings. The van der Waals surface area contributed by atoms with Crippen molar-refractivity contribution in [2.24, 2.45) is 0 Å². The van der Waals surface area contributed by atoms with E-state index < -0.39 is 28.0 Å². The normalized spacial score (nSPS) is 17.9.